The Morgan fingerprint density at radius 3 is 2.33 bits per heavy atom. The number of aliphatic hydroxyl groups is 1. The van der Waals surface area contributed by atoms with Crippen LogP contribution in [0.1, 0.15) is 32.1 Å². The van der Waals surface area contributed by atoms with Gasteiger partial charge in [0.05, 0.1) is 33.9 Å². The molecular formula is C12H26NO2+. The molecule has 1 N–H and O–H groups in total. The van der Waals surface area contributed by atoms with E-state index in [1.54, 1.807) is 0 Å². The van der Waals surface area contributed by atoms with Gasteiger partial charge in [0.25, 0.3) is 0 Å². The highest BCUT2D eigenvalue weighted by Crippen LogP contribution is 2.20. The van der Waals surface area contributed by atoms with Gasteiger partial charge in [-0.3, -0.25) is 0 Å². The molecule has 15 heavy (non-hydrogen) atoms. The van der Waals surface area contributed by atoms with Crippen LogP contribution in [-0.4, -0.2) is 56.1 Å². The van der Waals surface area contributed by atoms with E-state index in [4.69, 9.17) is 4.74 Å². The van der Waals surface area contributed by atoms with E-state index in [-0.39, 0.29) is 6.10 Å². The maximum Gasteiger partial charge on any atom is 0.126 e. The summed E-state index contributed by atoms with van der Waals surface area (Å²) >= 11 is 0. The fourth-order valence-corrected chi connectivity index (χ4v) is 2.16. The highest BCUT2D eigenvalue weighted by molar-refractivity contribution is 4.66. The van der Waals surface area contributed by atoms with Gasteiger partial charge in [0, 0.05) is 0 Å². The minimum atomic E-state index is -0.327. The first-order valence-corrected chi connectivity index (χ1v) is 6.07. The Morgan fingerprint density at radius 2 is 1.80 bits per heavy atom. The van der Waals surface area contributed by atoms with Crippen LogP contribution in [0.5, 0.6) is 0 Å². The zero-order chi connectivity index (χ0) is 11.3. The maximum atomic E-state index is 9.77. The number of likely N-dealkylation sites (N-methyl/N-ethyl adjacent to an activating group) is 1. The zero-order valence-electron chi connectivity index (χ0n) is 10.4. The molecule has 90 valence electrons. The van der Waals surface area contributed by atoms with Gasteiger partial charge < -0.3 is 14.3 Å². The summed E-state index contributed by atoms with van der Waals surface area (Å²) in [6.07, 6.45) is 6.36. The summed E-state index contributed by atoms with van der Waals surface area (Å²) in [6, 6.07) is 0. The molecule has 0 unspecified atom stereocenters. The monoisotopic (exact) mass is 216 g/mol. The summed E-state index contributed by atoms with van der Waals surface area (Å²) in [5, 5.41) is 9.77. The summed E-state index contributed by atoms with van der Waals surface area (Å²) in [5.41, 5.74) is 0. The lowest BCUT2D eigenvalue weighted by molar-refractivity contribution is -0.873. The second-order valence-electron chi connectivity index (χ2n) is 5.72. The minimum absolute atomic E-state index is 0.327. The predicted octanol–water partition coefficient (Wildman–Crippen LogP) is 1.40. The van der Waals surface area contributed by atoms with Gasteiger partial charge >= 0.3 is 0 Å². The van der Waals surface area contributed by atoms with Gasteiger partial charge in [-0.2, -0.15) is 0 Å². The Labute approximate surface area is 93.6 Å². The Kier molecular flexibility index (Phi) is 5.03. The molecular weight excluding hydrogens is 190 g/mol. The number of ether oxygens (including phenoxy) is 1. The molecule has 0 heterocycles. The van der Waals surface area contributed by atoms with Crippen molar-refractivity contribution in [2.45, 2.75) is 44.3 Å². The second kappa shape index (κ2) is 5.83. The molecule has 3 nitrogen and oxygen atoms in total. The molecule has 0 spiro atoms. The molecule has 3 heteroatoms. The zero-order valence-corrected chi connectivity index (χ0v) is 10.4. The molecule has 0 aromatic carbocycles. The third-order valence-corrected chi connectivity index (χ3v) is 2.83. The maximum absolute atomic E-state index is 9.77. The first-order chi connectivity index (χ1) is 6.97. The summed E-state index contributed by atoms with van der Waals surface area (Å²) in [4.78, 5) is 0. The molecule has 1 aliphatic rings. The molecule has 0 saturated heterocycles. The van der Waals surface area contributed by atoms with Gasteiger partial charge in [-0.1, -0.05) is 19.3 Å². The highest BCUT2D eigenvalue weighted by atomic mass is 16.5. The van der Waals surface area contributed by atoms with Crippen molar-refractivity contribution in [2.75, 3.05) is 34.3 Å². The van der Waals surface area contributed by atoms with Crippen molar-refractivity contribution in [1.29, 1.82) is 0 Å². The van der Waals surface area contributed by atoms with Crippen LogP contribution < -0.4 is 0 Å². The Morgan fingerprint density at radius 1 is 1.20 bits per heavy atom. The lowest BCUT2D eigenvalue weighted by Gasteiger charge is -2.28. The first kappa shape index (κ1) is 12.9. The number of hydrogen-bond acceptors (Lipinski definition) is 2. The van der Waals surface area contributed by atoms with Gasteiger partial charge in [0.2, 0.25) is 0 Å². The second-order valence-corrected chi connectivity index (χ2v) is 5.72. The third-order valence-electron chi connectivity index (χ3n) is 2.83. The molecule has 1 saturated carbocycles. The smallest absolute Gasteiger partial charge is 0.126 e. The molecule has 1 fully saturated rings. The van der Waals surface area contributed by atoms with Crippen molar-refractivity contribution in [3.05, 3.63) is 0 Å². The first-order valence-electron chi connectivity index (χ1n) is 6.07. The molecule has 1 rings (SSSR count). The van der Waals surface area contributed by atoms with E-state index in [2.05, 4.69) is 21.1 Å². The highest BCUT2D eigenvalue weighted by Gasteiger charge is 2.19. The van der Waals surface area contributed by atoms with Crippen LogP contribution in [0, 0.1) is 0 Å². The Hall–Kier alpha value is -0.120. The van der Waals surface area contributed by atoms with Gasteiger partial charge in [0.1, 0.15) is 12.6 Å². The standard InChI is InChI=1S/C12H26NO2/c1-13(2,3)9-11(14)10-15-12-7-5-4-6-8-12/h11-12,14H,4-10H2,1-3H3/q+1/t11-/m1/s1. The van der Waals surface area contributed by atoms with E-state index in [9.17, 15) is 5.11 Å². The van der Waals surface area contributed by atoms with Crippen LogP contribution in [0.25, 0.3) is 0 Å². The van der Waals surface area contributed by atoms with E-state index in [1.165, 1.54) is 32.1 Å². The van der Waals surface area contributed by atoms with Crippen LogP contribution in [0.4, 0.5) is 0 Å². The lowest BCUT2D eigenvalue weighted by Crippen LogP contribution is -2.43. The Balaban J connectivity index is 2.12. The largest absolute Gasteiger partial charge is 0.385 e. The summed E-state index contributed by atoms with van der Waals surface area (Å²) in [5.74, 6) is 0. The van der Waals surface area contributed by atoms with Crippen LogP contribution in [-0.2, 0) is 4.74 Å². The third kappa shape index (κ3) is 6.13. The van der Waals surface area contributed by atoms with Gasteiger partial charge in [-0.05, 0) is 12.8 Å². The summed E-state index contributed by atoms with van der Waals surface area (Å²) in [6.45, 7) is 1.26. The summed E-state index contributed by atoms with van der Waals surface area (Å²) in [7, 11) is 6.26. The molecule has 0 amide bonds. The molecule has 1 aliphatic carbocycles. The van der Waals surface area contributed by atoms with Crippen molar-refractivity contribution in [2.24, 2.45) is 0 Å². The normalized spacial score (nSPS) is 21.6. The van der Waals surface area contributed by atoms with Gasteiger partial charge in [-0.15, -0.1) is 0 Å². The average Bonchev–Trinajstić information content (AvgIpc) is 2.14. The molecule has 0 bridgehead atoms. The van der Waals surface area contributed by atoms with Crippen molar-refractivity contribution < 1.29 is 14.3 Å². The topological polar surface area (TPSA) is 29.5 Å². The van der Waals surface area contributed by atoms with Crippen LogP contribution in [0.3, 0.4) is 0 Å². The van der Waals surface area contributed by atoms with E-state index in [1.807, 2.05) is 0 Å². The minimum Gasteiger partial charge on any atom is -0.385 e. The summed E-state index contributed by atoms with van der Waals surface area (Å²) < 4.78 is 6.52. The fourth-order valence-electron chi connectivity index (χ4n) is 2.16. The van der Waals surface area contributed by atoms with Crippen LogP contribution in [0.15, 0.2) is 0 Å². The molecule has 0 radical (unpaired) electrons. The van der Waals surface area contributed by atoms with E-state index in [0.717, 1.165) is 11.0 Å². The van der Waals surface area contributed by atoms with Crippen molar-refractivity contribution in [3.63, 3.8) is 0 Å². The van der Waals surface area contributed by atoms with Crippen molar-refractivity contribution in [3.8, 4) is 0 Å². The van der Waals surface area contributed by atoms with E-state index < -0.39 is 0 Å². The number of hydrogen-bond donors (Lipinski definition) is 1. The quantitative estimate of drug-likeness (QED) is 0.704. The van der Waals surface area contributed by atoms with Crippen LogP contribution in [0.2, 0.25) is 0 Å². The van der Waals surface area contributed by atoms with Crippen LogP contribution >= 0.6 is 0 Å². The molecule has 0 aliphatic heterocycles. The van der Waals surface area contributed by atoms with Gasteiger partial charge in [0.15, 0.2) is 0 Å². The molecule has 0 aromatic heterocycles. The SMILES string of the molecule is C[N+](C)(C)C[C@@H](O)COC1CCCCC1. The molecule has 0 aromatic rings. The number of rotatable bonds is 5. The number of quaternary nitrogens is 1. The lowest BCUT2D eigenvalue weighted by atomic mass is 9.98. The number of aliphatic hydroxyl groups excluding tert-OH is 1. The average molecular weight is 216 g/mol. The Bertz CT molecular complexity index is 171. The van der Waals surface area contributed by atoms with Crippen molar-refractivity contribution >= 4 is 0 Å². The predicted molar refractivity (Wildman–Crippen MR) is 61.7 cm³/mol. The van der Waals surface area contributed by atoms with E-state index in [0.29, 0.717) is 12.7 Å². The van der Waals surface area contributed by atoms with E-state index >= 15 is 0 Å². The van der Waals surface area contributed by atoms with Crippen molar-refractivity contribution in [1.82, 2.24) is 0 Å². The fraction of sp³-hybridized carbons (Fsp3) is 1.00. The molecule has 1 atom stereocenters. The number of nitrogens with zero attached hydrogens (tertiary/aromatic N) is 1. The van der Waals surface area contributed by atoms with Gasteiger partial charge in [-0.25, -0.2) is 0 Å².